The second-order valence-electron chi connectivity index (χ2n) is 4.87. The standard InChI is InChI=1S/C13H26N2O3S/c1-10(2)11(12(16)17)15-13(18)14-8-6-4-5-7-9-19-3/h10-11H,4-9H2,1-3H3,(H,16,17)(H2,14,15,18). The summed E-state index contributed by atoms with van der Waals surface area (Å²) in [6.07, 6.45) is 6.50. The maximum Gasteiger partial charge on any atom is 0.326 e. The highest BCUT2D eigenvalue weighted by Gasteiger charge is 2.22. The molecule has 0 fully saturated rings. The minimum Gasteiger partial charge on any atom is -0.480 e. The third-order valence-corrected chi connectivity index (χ3v) is 3.48. The number of hydrogen-bond donors (Lipinski definition) is 3. The molecule has 0 heterocycles. The fourth-order valence-electron chi connectivity index (χ4n) is 1.63. The number of hydrogen-bond acceptors (Lipinski definition) is 3. The van der Waals surface area contributed by atoms with Gasteiger partial charge in [0, 0.05) is 6.54 Å². The number of aliphatic carboxylic acids is 1. The maximum absolute atomic E-state index is 11.5. The van der Waals surface area contributed by atoms with Crippen LogP contribution in [0, 0.1) is 5.92 Å². The molecule has 112 valence electrons. The Hall–Kier alpha value is -0.910. The largest absolute Gasteiger partial charge is 0.480 e. The molecule has 3 N–H and O–H groups in total. The van der Waals surface area contributed by atoms with Crippen LogP contribution in [0.2, 0.25) is 0 Å². The fourth-order valence-corrected chi connectivity index (χ4v) is 2.13. The first-order valence-corrected chi connectivity index (χ1v) is 8.14. The second kappa shape index (κ2) is 11.0. The molecule has 0 rings (SSSR count). The summed E-state index contributed by atoms with van der Waals surface area (Å²) in [4.78, 5) is 22.4. The van der Waals surface area contributed by atoms with Gasteiger partial charge in [-0.25, -0.2) is 9.59 Å². The lowest BCUT2D eigenvalue weighted by atomic mass is 10.1. The van der Waals surface area contributed by atoms with Crippen LogP contribution in [0.1, 0.15) is 39.5 Å². The number of nitrogens with one attached hydrogen (secondary N) is 2. The Morgan fingerprint density at radius 1 is 1.16 bits per heavy atom. The van der Waals surface area contributed by atoms with Gasteiger partial charge in [-0.05, 0) is 30.8 Å². The molecule has 0 radical (unpaired) electrons. The molecule has 0 aromatic rings. The monoisotopic (exact) mass is 290 g/mol. The lowest BCUT2D eigenvalue weighted by molar-refractivity contribution is -0.140. The number of amides is 2. The number of carbonyl (C=O) groups is 2. The van der Waals surface area contributed by atoms with Crippen molar-refractivity contribution in [2.75, 3.05) is 18.6 Å². The van der Waals surface area contributed by atoms with Gasteiger partial charge < -0.3 is 15.7 Å². The molecule has 19 heavy (non-hydrogen) atoms. The minimum atomic E-state index is -0.998. The molecule has 0 saturated heterocycles. The van der Waals surface area contributed by atoms with E-state index < -0.39 is 18.0 Å². The summed E-state index contributed by atoms with van der Waals surface area (Å²) < 4.78 is 0. The smallest absolute Gasteiger partial charge is 0.326 e. The zero-order valence-electron chi connectivity index (χ0n) is 12.1. The Morgan fingerprint density at radius 3 is 2.32 bits per heavy atom. The molecule has 5 nitrogen and oxygen atoms in total. The van der Waals surface area contributed by atoms with Gasteiger partial charge in [0.05, 0.1) is 0 Å². The summed E-state index contributed by atoms with van der Waals surface area (Å²) in [7, 11) is 0. The highest BCUT2D eigenvalue weighted by Crippen LogP contribution is 2.04. The van der Waals surface area contributed by atoms with E-state index in [0.29, 0.717) is 6.54 Å². The van der Waals surface area contributed by atoms with E-state index in [-0.39, 0.29) is 5.92 Å². The average molecular weight is 290 g/mol. The van der Waals surface area contributed by atoms with Crippen molar-refractivity contribution in [2.24, 2.45) is 5.92 Å². The molecule has 0 aliphatic rings. The first-order chi connectivity index (χ1) is 8.99. The van der Waals surface area contributed by atoms with Gasteiger partial charge in [0.15, 0.2) is 0 Å². The Morgan fingerprint density at radius 2 is 1.79 bits per heavy atom. The zero-order valence-corrected chi connectivity index (χ0v) is 12.9. The van der Waals surface area contributed by atoms with Crippen molar-refractivity contribution < 1.29 is 14.7 Å². The first kappa shape index (κ1) is 18.1. The van der Waals surface area contributed by atoms with E-state index in [9.17, 15) is 9.59 Å². The Labute approximate surface area is 119 Å². The predicted octanol–water partition coefficient (Wildman–Crippen LogP) is 2.32. The number of carbonyl (C=O) groups excluding carboxylic acids is 1. The maximum atomic E-state index is 11.5. The summed E-state index contributed by atoms with van der Waals surface area (Å²) >= 11 is 1.85. The molecule has 0 aliphatic carbocycles. The average Bonchev–Trinajstić information content (AvgIpc) is 2.34. The molecule has 0 aromatic carbocycles. The highest BCUT2D eigenvalue weighted by molar-refractivity contribution is 7.98. The van der Waals surface area contributed by atoms with Crippen molar-refractivity contribution in [1.82, 2.24) is 10.6 Å². The Balaban J connectivity index is 3.66. The van der Waals surface area contributed by atoms with Gasteiger partial charge in [0.1, 0.15) is 6.04 Å². The molecule has 2 amide bonds. The number of carboxylic acid groups (broad SMARTS) is 1. The number of rotatable bonds is 10. The van der Waals surface area contributed by atoms with Crippen LogP contribution in [0.3, 0.4) is 0 Å². The second-order valence-corrected chi connectivity index (χ2v) is 5.85. The lowest BCUT2D eigenvalue weighted by Crippen LogP contribution is -2.48. The Kier molecular flexibility index (Phi) is 10.4. The summed E-state index contributed by atoms with van der Waals surface area (Å²) in [6, 6.07) is -1.23. The van der Waals surface area contributed by atoms with E-state index in [1.165, 1.54) is 18.6 Å². The van der Waals surface area contributed by atoms with Gasteiger partial charge >= 0.3 is 12.0 Å². The summed E-state index contributed by atoms with van der Waals surface area (Å²) in [5.74, 6) is 0.0554. The predicted molar refractivity (Wildman–Crippen MR) is 79.6 cm³/mol. The Bertz CT molecular complexity index is 273. The van der Waals surface area contributed by atoms with Crippen molar-refractivity contribution in [3.8, 4) is 0 Å². The molecule has 0 bridgehead atoms. The van der Waals surface area contributed by atoms with E-state index in [0.717, 1.165) is 12.8 Å². The molecule has 6 heteroatoms. The minimum absolute atomic E-state index is 0.130. The van der Waals surface area contributed by atoms with Gasteiger partial charge in [-0.15, -0.1) is 0 Å². The SMILES string of the molecule is CSCCCCCCNC(=O)NC(C(=O)O)C(C)C. The van der Waals surface area contributed by atoms with Crippen LogP contribution in [-0.2, 0) is 4.79 Å². The van der Waals surface area contributed by atoms with Crippen molar-refractivity contribution in [2.45, 2.75) is 45.6 Å². The number of unbranched alkanes of at least 4 members (excludes halogenated alkanes) is 3. The van der Waals surface area contributed by atoms with Crippen molar-refractivity contribution in [3.63, 3.8) is 0 Å². The van der Waals surface area contributed by atoms with E-state index in [1.54, 1.807) is 13.8 Å². The summed E-state index contributed by atoms with van der Waals surface area (Å²) in [5, 5.41) is 14.1. The van der Waals surface area contributed by atoms with Crippen LogP contribution in [0.5, 0.6) is 0 Å². The van der Waals surface area contributed by atoms with Gasteiger partial charge in [-0.2, -0.15) is 11.8 Å². The lowest BCUT2D eigenvalue weighted by Gasteiger charge is -2.18. The van der Waals surface area contributed by atoms with Crippen LogP contribution in [0.15, 0.2) is 0 Å². The van der Waals surface area contributed by atoms with Crippen LogP contribution < -0.4 is 10.6 Å². The normalized spacial score (nSPS) is 12.2. The zero-order chi connectivity index (χ0) is 14.7. The van der Waals surface area contributed by atoms with Crippen LogP contribution in [0.4, 0.5) is 4.79 Å². The third kappa shape index (κ3) is 9.64. The molecular weight excluding hydrogens is 264 g/mol. The quantitative estimate of drug-likeness (QED) is 0.540. The molecule has 0 spiro atoms. The van der Waals surface area contributed by atoms with Crippen LogP contribution in [0.25, 0.3) is 0 Å². The van der Waals surface area contributed by atoms with Gasteiger partial charge in [-0.3, -0.25) is 0 Å². The fraction of sp³-hybridized carbons (Fsp3) is 0.846. The third-order valence-electron chi connectivity index (χ3n) is 2.78. The topological polar surface area (TPSA) is 78.4 Å². The van der Waals surface area contributed by atoms with Crippen molar-refractivity contribution >= 4 is 23.8 Å². The van der Waals surface area contributed by atoms with Gasteiger partial charge in [-0.1, -0.05) is 26.7 Å². The van der Waals surface area contributed by atoms with E-state index in [1.807, 2.05) is 11.8 Å². The number of carboxylic acids is 1. The highest BCUT2D eigenvalue weighted by atomic mass is 32.2. The first-order valence-electron chi connectivity index (χ1n) is 6.75. The summed E-state index contributed by atoms with van der Waals surface area (Å²) in [6.45, 7) is 4.13. The van der Waals surface area contributed by atoms with Crippen LogP contribution in [-0.4, -0.2) is 41.7 Å². The molecule has 1 atom stereocenters. The van der Waals surface area contributed by atoms with Crippen molar-refractivity contribution in [1.29, 1.82) is 0 Å². The molecular formula is C13H26N2O3S. The molecule has 0 aliphatic heterocycles. The summed E-state index contributed by atoms with van der Waals surface area (Å²) in [5.41, 5.74) is 0. The van der Waals surface area contributed by atoms with Gasteiger partial charge in [0.2, 0.25) is 0 Å². The van der Waals surface area contributed by atoms with E-state index in [2.05, 4.69) is 16.9 Å². The molecule has 0 saturated carbocycles. The van der Waals surface area contributed by atoms with Crippen molar-refractivity contribution in [3.05, 3.63) is 0 Å². The van der Waals surface area contributed by atoms with Crippen LogP contribution >= 0.6 is 11.8 Å². The number of urea groups is 1. The number of thioether (sulfide) groups is 1. The molecule has 1 unspecified atom stereocenters. The van der Waals surface area contributed by atoms with Gasteiger partial charge in [0.25, 0.3) is 0 Å². The van der Waals surface area contributed by atoms with E-state index >= 15 is 0 Å². The molecule has 0 aromatic heterocycles. The van der Waals surface area contributed by atoms with E-state index in [4.69, 9.17) is 5.11 Å².